The summed E-state index contributed by atoms with van der Waals surface area (Å²) in [5, 5.41) is 0.0655. The van der Waals surface area contributed by atoms with Crippen LogP contribution in [0.15, 0.2) is 11.8 Å². The molecule has 1 fully saturated rings. The molecule has 0 aromatic carbocycles. The Kier molecular flexibility index (Phi) is 6.27. The van der Waals surface area contributed by atoms with Crippen LogP contribution in [0.1, 0.15) is 48.0 Å². The van der Waals surface area contributed by atoms with E-state index in [0.29, 0.717) is 19.6 Å². The van der Waals surface area contributed by atoms with E-state index in [2.05, 4.69) is 33.9 Å². The second-order valence-corrected chi connectivity index (χ2v) is 13.6. The van der Waals surface area contributed by atoms with Crippen molar-refractivity contribution in [1.29, 1.82) is 0 Å². The molecule has 2 heterocycles. The molecule has 0 aliphatic carbocycles. The van der Waals surface area contributed by atoms with Gasteiger partial charge in [0.15, 0.2) is 11.9 Å². The number of esters is 1. The molecule has 0 N–H and O–H groups in total. The number of hydrogen-bond acceptors (Lipinski definition) is 6. The van der Waals surface area contributed by atoms with Crippen molar-refractivity contribution < 1.29 is 28.2 Å². The van der Waals surface area contributed by atoms with Crippen LogP contribution < -0.4 is 0 Å². The number of rotatable bonds is 5. The number of carbonyl (C=O) groups is 1. The van der Waals surface area contributed by atoms with E-state index in [0.717, 1.165) is 5.76 Å². The normalized spacial score (nSPS) is 29.2. The van der Waals surface area contributed by atoms with Crippen LogP contribution in [0, 0.1) is 0 Å². The van der Waals surface area contributed by atoms with Gasteiger partial charge in [-0.15, -0.1) is 0 Å². The molecule has 0 bridgehead atoms. The van der Waals surface area contributed by atoms with Gasteiger partial charge in [0, 0.05) is 6.42 Å². The second-order valence-electron chi connectivity index (χ2n) is 8.91. The minimum atomic E-state index is -2.02. The van der Waals surface area contributed by atoms with Gasteiger partial charge in [0.25, 0.3) is 0 Å². The third-order valence-corrected chi connectivity index (χ3v) is 9.58. The molecule has 1 saturated heterocycles. The average molecular weight is 387 g/mol. The Balaban J connectivity index is 2.22. The second kappa shape index (κ2) is 7.62. The average Bonchev–Trinajstić information content (AvgIpc) is 2.86. The van der Waals surface area contributed by atoms with Crippen molar-refractivity contribution >= 4 is 14.3 Å². The monoisotopic (exact) mass is 386 g/mol. The number of carbonyl (C=O) groups excluding carboxylic acids is 1. The Morgan fingerprint density at radius 2 is 2.00 bits per heavy atom. The standard InChI is InChI=1S/C19H34O6Si/c1-9-21-17(20)15-11-13(25-26(7,8)18(2,3)4)10-14(23-15)16-12-22-19(5,6)24-16/h10,14-16H,9,11-12H2,1-8H3/t14-,15+,16+/m0/s1. The molecule has 0 aromatic heterocycles. The smallest absolute Gasteiger partial charge is 0.335 e. The van der Waals surface area contributed by atoms with Crippen LogP contribution in [0.25, 0.3) is 0 Å². The molecule has 150 valence electrons. The summed E-state index contributed by atoms with van der Waals surface area (Å²) in [5.41, 5.74) is 0. The Labute approximate surface area is 158 Å². The lowest BCUT2D eigenvalue weighted by Gasteiger charge is -2.40. The van der Waals surface area contributed by atoms with Gasteiger partial charge in [0.2, 0.25) is 8.32 Å². The summed E-state index contributed by atoms with van der Waals surface area (Å²) in [6, 6.07) is 0. The minimum absolute atomic E-state index is 0.0655. The van der Waals surface area contributed by atoms with Crippen molar-refractivity contribution in [2.45, 2.75) is 90.2 Å². The molecular weight excluding hydrogens is 352 g/mol. The van der Waals surface area contributed by atoms with E-state index >= 15 is 0 Å². The summed E-state index contributed by atoms with van der Waals surface area (Å²) in [4.78, 5) is 12.3. The van der Waals surface area contributed by atoms with Gasteiger partial charge >= 0.3 is 5.97 Å². The molecule has 0 amide bonds. The zero-order valence-corrected chi connectivity index (χ0v) is 18.4. The van der Waals surface area contributed by atoms with Gasteiger partial charge in [-0.2, -0.15) is 0 Å². The van der Waals surface area contributed by atoms with Gasteiger partial charge in [0.1, 0.15) is 12.2 Å². The van der Waals surface area contributed by atoms with Crippen molar-refractivity contribution in [3.8, 4) is 0 Å². The lowest BCUT2D eigenvalue weighted by molar-refractivity contribution is -0.174. The van der Waals surface area contributed by atoms with Crippen LogP contribution in [-0.2, 0) is 28.2 Å². The van der Waals surface area contributed by atoms with Crippen LogP contribution in [0.3, 0.4) is 0 Å². The first-order valence-corrected chi connectivity index (χ1v) is 12.3. The van der Waals surface area contributed by atoms with E-state index in [1.807, 2.05) is 19.9 Å². The summed E-state index contributed by atoms with van der Waals surface area (Å²) in [6.45, 7) is 17.2. The molecule has 0 unspecified atom stereocenters. The van der Waals surface area contributed by atoms with Gasteiger partial charge in [-0.25, -0.2) is 4.79 Å². The quantitative estimate of drug-likeness (QED) is 0.529. The van der Waals surface area contributed by atoms with Crippen LogP contribution >= 0.6 is 0 Å². The first-order chi connectivity index (χ1) is 11.8. The molecule has 0 aromatic rings. The molecule has 2 rings (SSSR count). The molecule has 0 saturated carbocycles. The molecule has 2 aliphatic heterocycles. The number of ether oxygens (including phenoxy) is 4. The fraction of sp³-hybridized carbons (Fsp3) is 0.842. The van der Waals surface area contributed by atoms with Crippen LogP contribution in [-0.4, -0.2) is 51.6 Å². The highest BCUT2D eigenvalue weighted by molar-refractivity contribution is 6.74. The summed E-state index contributed by atoms with van der Waals surface area (Å²) < 4.78 is 29.2. The van der Waals surface area contributed by atoms with Gasteiger partial charge in [-0.1, -0.05) is 20.8 Å². The summed E-state index contributed by atoms with van der Waals surface area (Å²) >= 11 is 0. The van der Waals surface area contributed by atoms with E-state index in [9.17, 15) is 4.79 Å². The van der Waals surface area contributed by atoms with Crippen molar-refractivity contribution in [2.75, 3.05) is 13.2 Å². The first kappa shape index (κ1) is 21.4. The predicted octanol–water partition coefficient (Wildman–Crippen LogP) is 3.76. The van der Waals surface area contributed by atoms with Crippen molar-refractivity contribution in [3.63, 3.8) is 0 Å². The Bertz CT molecular complexity index is 549. The van der Waals surface area contributed by atoms with E-state index in [-0.39, 0.29) is 17.1 Å². The predicted molar refractivity (Wildman–Crippen MR) is 101 cm³/mol. The van der Waals surface area contributed by atoms with E-state index in [1.54, 1.807) is 6.92 Å². The van der Waals surface area contributed by atoms with Crippen molar-refractivity contribution in [3.05, 3.63) is 11.8 Å². The van der Waals surface area contributed by atoms with Crippen LogP contribution in [0.5, 0.6) is 0 Å². The maximum Gasteiger partial charge on any atom is 0.335 e. The molecular formula is C19H34O6Si. The van der Waals surface area contributed by atoms with Crippen LogP contribution in [0.2, 0.25) is 18.1 Å². The largest absolute Gasteiger partial charge is 0.547 e. The highest BCUT2D eigenvalue weighted by atomic mass is 28.4. The molecule has 6 nitrogen and oxygen atoms in total. The number of hydrogen-bond donors (Lipinski definition) is 0. The maximum absolute atomic E-state index is 12.3. The van der Waals surface area contributed by atoms with Gasteiger partial charge in [-0.05, 0) is 45.0 Å². The Morgan fingerprint density at radius 1 is 1.35 bits per heavy atom. The summed E-state index contributed by atoms with van der Waals surface area (Å²) in [5.74, 6) is -0.224. The summed E-state index contributed by atoms with van der Waals surface area (Å²) in [7, 11) is -2.02. The molecule has 0 radical (unpaired) electrons. The molecule has 3 atom stereocenters. The van der Waals surface area contributed by atoms with E-state index in [4.69, 9.17) is 23.4 Å². The molecule has 7 heteroatoms. The first-order valence-electron chi connectivity index (χ1n) is 9.38. The summed E-state index contributed by atoms with van der Waals surface area (Å²) in [6.07, 6.45) is 0.974. The minimum Gasteiger partial charge on any atom is -0.547 e. The fourth-order valence-corrected chi connectivity index (χ4v) is 3.83. The van der Waals surface area contributed by atoms with Gasteiger partial charge in [0.05, 0.1) is 19.0 Å². The van der Waals surface area contributed by atoms with Gasteiger partial charge in [-0.3, -0.25) is 0 Å². The van der Waals surface area contributed by atoms with Crippen molar-refractivity contribution in [2.24, 2.45) is 0 Å². The third-order valence-electron chi connectivity index (χ3n) is 5.20. The Morgan fingerprint density at radius 3 is 2.50 bits per heavy atom. The zero-order valence-electron chi connectivity index (χ0n) is 17.4. The van der Waals surface area contributed by atoms with Crippen LogP contribution in [0.4, 0.5) is 0 Å². The third kappa shape index (κ3) is 5.09. The lowest BCUT2D eigenvalue weighted by atomic mass is 10.1. The topological polar surface area (TPSA) is 63.2 Å². The van der Waals surface area contributed by atoms with Gasteiger partial charge < -0.3 is 23.4 Å². The molecule has 0 spiro atoms. The highest BCUT2D eigenvalue weighted by Gasteiger charge is 2.44. The molecule has 26 heavy (non-hydrogen) atoms. The fourth-order valence-electron chi connectivity index (χ4n) is 2.71. The Hall–Kier alpha value is -0.893. The van der Waals surface area contributed by atoms with Crippen molar-refractivity contribution in [1.82, 2.24) is 0 Å². The lowest BCUT2D eigenvalue weighted by Crippen LogP contribution is -2.45. The SMILES string of the molecule is CCOC(=O)[C@H]1CC(O[Si](C)(C)C(C)(C)C)=C[C@@H]([C@H]2COC(C)(C)O2)O1. The zero-order chi connectivity index (χ0) is 19.8. The van der Waals surface area contributed by atoms with E-state index < -0.39 is 26.3 Å². The maximum atomic E-state index is 12.3. The molecule has 2 aliphatic rings. The highest BCUT2D eigenvalue weighted by Crippen LogP contribution is 2.40. The van der Waals surface area contributed by atoms with E-state index in [1.165, 1.54) is 0 Å².